The number of amides is 4. The van der Waals surface area contributed by atoms with Gasteiger partial charge >= 0.3 is 23.9 Å². The first-order valence-corrected chi connectivity index (χ1v) is 34.9. The molecule has 4 aliphatic heterocycles. The van der Waals surface area contributed by atoms with E-state index in [2.05, 4.69) is 54.7 Å². The van der Waals surface area contributed by atoms with E-state index in [-0.39, 0.29) is 95.1 Å². The molecular weight excluding hydrogens is 1240 g/mol. The monoisotopic (exact) mass is 1350 g/mol. The van der Waals surface area contributed by atoms with Gasteiger partial charge in [0.05, 0.1) is 23.7 Å². The molecule has 1 aromatic carbocycles. The minimum atomic E-state index is -0.995. The Bertz CT molecular complexity index is 2590. The number of nitrogens with one attached hydrogen (secondary N) is 8. The molecule has 17 unspecified atom stereocenters. The molecule has 0 spiro atoms. The van der Waals surface area contributed by atoms with Gasteiger partial charge in [-0.3, -0.25) is 38.4 Å². The van der Waals surface area contributed by atoms with Gasteiger partial charge in [0.2, 0.25) is 23.6 Å². The van der Waals surface area contributed by atoms with Gasteiger partial charge in [-0.2, -0.15) is 0 Å². The molecule has 0 bridgehead atoms. The summed E-state index contributed by atoms with van der Waals surface area (Å²) in [5.74, 6) is -5.25. The summed E-state index contributed by atoms with van der Waals surface area (Å²) < 4.78 is 0. The molecule has 24 N–H and O–H groups in total. The summed E-state index contributed by atoms with van der Waals surface area (Å²) in [6.07, 6.45) is 10.3. The minimum Gasteiger partial charge on any atom is -0.480 e. The molecule has 4 amide bonds. The highest BCUT2D eigenvalue weighted by Crippen LogP contribution is 2.31. The van der Waals surface area contributed by atoms with E-state index in [4.69, 9.17) is 22.9 Å². The highest BCUT2D eigenvalue weighted by atomic mass is 16.4. The lowest BCUT2D eigenvalue weighted by molar-refractivity contribution is -0.141. The summed E-state index contributed by atoms with van der Waals surface area (Å²) in [6.45, 7) is 20.0. The molecule has 1 aromatic rings. The third-order valence-electron chi connectivity index (χ3n) is 20.2. The Kier molecular flexibility index (Phi) is 36.6. The van der Waals surface area contributed by atoms with Crippen molar-refractivity contribution in [2.24, 2.45) is 70.3 Å². The van der Waals surface area contributed by atoms with Gasteiger partial charge in [0.1, 0.15) is 24.2 Å². The zero-order chi connectivity index (χ0) is 72.5. The van der Waals surface area contributed by atoms with Crippen LogP contribution >= 0.6 is 0 Å². The van der Waals surface area contributed by atoms with Crippen LogP contribution in [0.1, 0.15) is 117 Å². The molecule has 0 saturated carbocycles. The first-order valence-electron chi connectivity index (χ1n) is 34.9. The zero-order valence-corrected chi connectivity index (χ0v) is 58.7. The Morgan fingerprint density at radius 3 is 1.07 bits per heavy atom. The van der Waals surface area contributed by atoms with Crippen molar-refractivity contribution in [3.05, 3.63) is 35.4 Å². The number of carboxylic acid groups (broad SMARTS) is 4. The summed E-state index contributed by atoms with van der Waals surface area (Å²) in [6, 6.07) is 2.64. The van der Waals surface area contributed by atoms with Crippen LogP contribution in [0.4, 0.5) is 0 Å². The van der Waals surface area contributed by atoms with Crippen LogP contribution in [0.15, 0.2) is 24.3 Å². The fraction of sp³-hybridized carbons (Fsp3) is 0.781. The van der Waals surface area contributed by atoms with E-state index in [0.717, 1.165) is 32.1 Å². The lowest BCUT2D eigenvalue weighted by Crippen LogP contribution is -2.58. The largest absolute Gasteiger partial charge is 0.480 e. The molecule has 32 heteroatoms. The molecule has 4 saturated heterocycles. The van der Waals surface area contributed by atoms with Gasteiger partial charge in [0.25, 0.3) is 27.7 Å². The average molecular weight is 1350 g/mol. The molecule has 28 nitrogen and oxygen atoms in total. The normalized spacial score (nSPS) is 26.1. The number of benzene rings is 1. The van der Waals surface area contributed by atoms with Crippen molar-refractivity contribution in [2.45, 2.75) is 244 Å². The first-order chi connectivity index (χ1) is 44.9. The van der Waals surface area contributed by atoms with Crippen molar-refractivity contribution >= 4 is 75.2 Å². The van der Waals surface area contributed by atoms with Gasteiger partial charge in [-0.15, -0.1) is 0 Å². The van der Waals surface area contributed by atoms with E-state index in [0.29, 0.717) is 90.0 Å². The number of carbonyl (C=O) groups is 8. The fourth-order valence-corrected chi connectivity index (χ4v) is 13.2. The molecule has 96 heavy (non-hydrogen) atoms. The van der Waals surface area contributed by atoms with Crippen LogP contribution in [0.2, 0.25) is 52.6 Å². The van der Waals surface area contributed by atoms with E-state index in [9.17, 15) is 78.9 Å². The number of rotatable bonds is 33. The Labute approximate surface area is 569 Å². The molecular formula is C64H118B4N12O16. The summed E-state index contributed by atoms with van der Waals surface area (Å²) >= 11 is 0. The number of carbonyl (C=O) groups excluding carboxylic acids is 4. The summed E-state index contributed by atoms with van der Waals surface area (Å²) in [5, 5.41) is 98.6. The van der Waals surface area contributed by atoms with Crippen LogP contribution in [-0.2, 0) is 51.2 Å². The summed E-state index contributed by atoms with van der Waals surface area (Å²) in [5.41, 5.74) is 25.6. The van der Waals surface area contributed by atoms with Crippen molar-refractivity contribution < 1.29 is 78.9 Å². The molecule has 542 valence electrons. The van der Waals surface area contributed by atoms with Crippen LogP contribution < -0.4 is 65.5 Å². The Hall–Kier alpha value is -5.24. The molecule has 1 aliphatic carbocycles. The Morgan fingerprint density at radius 2 is 0.802 bits per heavy atom. The SMILES string of the molecule is CB(O)CCCC1C(NC(=O)C(C)(N)C(C)C)CNC1C(=O)O.CB(O)CCCC1C(NC(=O)C(N)C(C)C)CNC1C(=O)O.CB(O)CCCC1C(NC(=O)C(N)C2Cc3ccccc3C2)CNC1C(=O)O.CCC(C)C(N)C(=O)NC1CNC(C(=O)O)C1CCCB(C)O. The van der Waals surface area contributed by atoms with E-state index >= 15 is 0 Å². The van der Waals surface area contributed by atoms with Gasteiger partial charge in [-0.1, -0.05) is 125 Å². The topological polar surface area (TPSA) is 499 Å². The Morgan fingerprint density at radius 1 is 0.510 bits per heavy atom. The molecule has 17 atom stereocenters. The van der Waals surface area contributed by atoms with Crippen molar-refractivity contribution in [3.8, 4) is 0 Å². The van der Waals surface area contributed by atoms with Gasteiger partial charge in [0.15, 0.2) is 0 Å². The Balaban J connectivity index is 0.000000335. The van der Waals surface area contributed by atoms with E-state index < -0.39 is 99.4 Å². The number of aliphatic carboxylic acids is 4. The van der Waals surface area contributed by atoms with Crippen LogP contribution in [0, 0.1) is 47.3 Å². The van der Waals surface area contributed by atoms with E-state index in [1.165, 1.54) is 11.1 Å². The maximum absolute atomic E-state index is 12.8. The first kappa shape index (κ1) is 85.0. The highest BCUT2D eigenvalue weighted by Gasteiger charge is 2.46. The molecule has 0 radical (unpaired) electrons. The number of nitrogens with two attached hydrogens (primary N) is 4. The van der Waals surface area contributed by atoms with Crippen LogP contribution in [0.5, 0.6) is 0 Å². The molecule has 4 heterocycles. The maximum Gasteiger partial charge on any atom is 0.321 e. The third kappa shape index (κ3) is 26.8. The van der Waals surface area contributed by atoms with Gasteiger partial charge in [-0.25, -0.2) is 0 Å². The van der Waals surface area contributed by atoms with Crippen LogP contribution in [0.3, 0.4) is 0 Å². The van der Waals surface area contributed by atoms with Gasteiger partial charge in [0, 0.05) is 74.0 Å². The zero-order valence-electron chi connectivity index (χ0n) is 58.7. The predicted octanol–water partition coefficient (Wildman–Crippen LogP) is -0.377. The minimum absolute atomic E-state index is 0.0262. The highest BCUT2D eigenvalue weighted by molar-refractivity contribution is 6.49. The number of hydrogen-bond donors (Lipinski definition) is 20. The lowest BCUT2D eigenvalue weighted by atomic mass is 9.66. The fourth-order valence-electron chi connectivity index (χ4n) is 13.2. The average Bonchev–Trinajstić information content (AvgIpc) is 1.80. The van der Waals surface area contributed by atoms with E-state index in [1.54, 1.807) is 34.2 Å². The van der Waals surface area contributed by atoms with Gasteiger partial charge < -0.3 is 106 Å². The smallest absolute Gasteiger partial charge is 0.321 e. The van der Waals surface area contributed by atoms with Crippen LogP contribution in [0.25, 0.3) is 0 Å². The van der Waals surface area contributed by atoms with Crippen molar-refractivity contribution in [1.29, 1.82) is 0 Å². The van der Waals surface area contributed by atoms with Crippen molar-refractivity contribution in [3.63, 3.8) is 0 Å². The number of fused-ring (bicyclic) bond motifs is 1. The van der Waals surface area contributed by atoms with E-state index in [1.807, 2.05) is 53.7 Å². The molecule has 4 fully saturated rings. The predicted molar refractivity (Wildman–Crippen MR) is 374 cm³/mol. The number of carboxylic acids is 4. The number of hydrogen-bond acceptors (Lipinski definition) is 20. The molecule has 0 aromatic heterocycles. The quantitative estimate of drug-likeness (QED) is 0.0399. The third-order valence-corrected chi connectivity index (χ3v) is 20.2. The molecule has 5 aliphatic rings. The summed E-state index contributed by atoms with van der Waals surface area (Å²) in [7, 11) is 0. The molecule has 6 rings (SSSR count). The van der Waals surface area contributed by atoms with Gasteiger partial charge in [-0.05, 0) is 106 Å². The van der Waals surface area contributed by atoms with Crippen molar-refractivity contribution in [2.75, 3.05) is 26.2 Å². The maximum atomic E-state index is 12.8. The van der Waals surface area contributed by atoms with Crippen LogP contribution in [-0.4, -0.2) is 214 Å². The standard InChI is InChI=1S/C20H30BN3O4.2C15H30BN3O4.C14H28BN3O4/c1-21(28)8-4-7-15-16(11-23-18(15)20(26)27)24-19(25)17(22)14-9-12-5-2-3-6-13(12)10-14;1-9(2)15(3,17)14(22)19-11-8-18-12(13(20)21)10(11)6-5-7-16(4)23;1-4-9(2)12(17)14(20)19-11-8-18-13(15(21)22)10(11)6-5-7-16(3)23;1-8(2)11(16)13(19)18-10-7-17-12(14(20)21)9(10)5-4-6-15(3)22/h2-3,5-6,14-18,23,28H,4,7-11,22H2,1H3,(H,24,25)(H,26,27);9-12,18,23H,5-8,17H2,1-4H3,(H,19,22)(H,20,21);9-13,18,23H,4-8,17H2,1-3H3,(H,19,20)(H,21,22);8-12,17,22H,4-7,16H2,1-3H3,(H,18,19)(H,20,21). The van der Waals surface area contributed by atoms with Crippen molar-refractivity contribution in [1.82, 2.24) is 42.5 Å². The lowest BCUT2D eigenvalue weighted by Gasteiger charge is -2.31. The summed E-state index contributed by atoms with van der Waals surface area (Å²) in [4.78, 5) is 95.2. The second kappa shape index (κ2) is 41.4. The second-order valence-electron chi connectivity index (χ2n) is 28.7. The second-order valence-corrected chi connectivity index (χ2v) is 28.7.